The molecular weight excluding hydrogens is 158 g/mol. The second-order valence-corrected chi connectivity index (χ2v) is 2.28. The molecule has 0 aliphatic carbocycles. The van der Waals surface area contributed by atoms with Crippen LogP contribution >= 0.6 is 0 Å². The third kappa shape index (κ3) is 2.34. The van der Waals surface area contributed by atoms with Gasteiger partial charge in [-0.15, -0.1) is 0 Å². The van der Waals surface area contributed by atoms with Crippen LogP contribution in [0.25, 0.3) is 0 Å². The SMILES string of the molecule is CCc1noc(CCNC=O)n1. The topological polar surface area (TPSA) is 68.0 Å². The minimum absolute atomic E-state index is 0.537. The third-order valence-corrected chi connectivity index (χ3v) is 1.39. The van der Waals surface area contributed by atoms with E-state index in [4.69, 9.17) is 4.52 Å². The summed E-state index contributed by atoms with van der Waals surface area (Å²) in [6.45, 7) is 2.49. The van der Waals surface area contributed by atoms with Gasteiger partial charge < -0.3 is 9.84 Å². The minimum Gasteiger partial charge on any atom is -0.358 e. The van der Waals surface area contributed by atoms with Crippen molar-refractivity contribution in [2.24, 2.45) is 0 Å². The highest BCUT2D eigenvalue weighted by molar-refractivity contribution is 5.45. The minimum atomic E-state index is 0.537. The van der Waals surface area contributed by atoms with E-state index in [-0.39, 0.29) is 0 Å². The van der Waals surface area contributed by atoms with Crippen LogP contribution in [0.2, 0.25) is 0 Å². The van der Waals surface area contributed by atoms with Gasteiger partial charge in [0.2, 0.25) is 12.3 Å². The van der Waals surface area contributed by atoms with E-state index >= 15 is 0 Å². The van der Waals surface area contributed by atoms with Crippen LogP contribution in [-0.2, 0) is 17.6 Å². The molecule has 1 heterocycles. The first-order chi connectivity index (χ1) is 5.86. The molecule has 5 heteroatoms. The molecule has 1 aromatic heterocycles. The maximum absolute atomic E-state index is 9.88. The Morgan fingerprint density at radius 3 is 3.08 bits per heavy atom. The van der Waals surface area contributed by atoms with E-state index in [1.54, 1.807) is 0 Å². The zero-order valence-electron chi connectivity index (χ0n) is 6.91. The summed E-state index contributed by atoms with van der Waals surface area (Å²) < 4.78 is 4.89. The van der Waals surface area contributed by atoms with Crippen molar-refractivity contribution in [2.75, 3.05) is 6.54 Å². The Morgan fingerprint density at radius 2 is 2.50 bits per heavy atom. The first kappa shape index (κ1) is 8.70. The lowest BCUT2D eigenvalue weighted by Crippen LogP contribution is -2.14. The van der Waals surface area contributed by atoms with Gasteiger partial charge in [-0.3, -0.25) is 4.79 Å². The Kier molecular flexibility index (Phi) is 3.25. The van der Waals surface area contributed by atoms with Crippen molar-refractivity contribution in [1.82, 2.24) is 15.5 Å². The summed E-state index contributed by atoms with van der Waals surface area (Å²) in [6, 6.07) is 0. The van der Waals surface area contributed by atoms with E-state index in [0.29, 0.717) is 31.1 Å². The van der Waals surface area contributed by atoms with Gasteiger partial charge in [-0.05, 0) is 0 Å². The van der Waals surface area contributed by atoms with Crippen molar-refractivity contribution in [3.63, 3.8) is 0 Å². The van der Waals surface area contributed by atoms with Gasteiger partial charge in [-0.2, -0.15) is 4.98 Å². The monoisotopic (exact) mass is 169 g/mol. The van der Waals surface area contributed by atoms with Crippen molar-refractivity contribution in [3.8, 4) is 0 Å². The standard InChI is InChI=1S/C7H11N3O2/c1-2-6-9-7(12-10-6)3-4-8-5-11/h5H,2-4H2,1H3,(H,8,11). The van der Waals surface area contributed by atoms with Gasteiger partial charge in [-0.1, -0.05) is 12.1 Å². The quantitative estimate of drug-likeness (QED) is 0.494. The van der Waals surface area contributed by atoms with Crippen LogP contribution in [-0.4, -0.2) is 23.1 Å². The number of nitrogens with one attached hydrogen (secondary N) is 1. The fraction of sp³-hybridized carbons (Fsp3) is 0.571. The van der Waals surface area contributed by atoms with Gasteiger partial charge in [0.1, 0.15) is 0 Å². The summed E-state index contributed by atoms with van der Waals surface area (Å²) in [5.74, 6) is 1.28. The van der Waals surface area contributed by atoms with E-state index < -0.39 is 0 Å². The lowest BCUT2D eigenvalue weighted by Gasteiger charge is -1.91. The van der Waals surface area contributed by atoms with Crippen molar-refractivity contribution in [1.29, 1.82) is 0 Å². The lowest BCUT2D eigenvalue weighted by molar-refractivity contribution is -0.109. The van der Waals surface area contributed by atoms with Crippen molar-refractivity contribution < 1.29 is 9.32 Å². The van der Waals surface area contributed by atoms with Crippen molar-refractivity contribution >= 4 is 6.41 Å². The van der Waals surface area contributed by atoms with E-state index in [9.17, 15) is 4.79 Å². The van der Waals surface area contributed by atoms with E-state index in [2.05, 4.69) is 15.5 Å². The lowest BCUT2D eigenvalue weighted by atomic mass is 10.4. The summed E-state index contributed by atoms with van der Waals surface area (Å²) in [7, 11) is 0. The molecule has 0 fully saturated rings. The molecule has 1 aromatic rings. The molecule has 0 bridgehead atoms. The maximum atomic E-state index is 9.88. The highest BCUT2D eigenvalue weighted by atomic mass is 16.5. The van der Waals surface area contributed by atoms with Crippen LogP contribution in [0.3, 0.4) is 0 Å². The number of carbonyl (C=O) groups excluding carboxylic acids is 1. The third-order valence-electron chi connectivity index (χ3n) is 1.39. The zero-order chi connectivity index (χ0) is 8.81. The Balaban J connectivity index is 2.36. The Morgan fingerprint density at radius 1 is 1.67 bits per heavy atom. The normalized spacial score (nSPS) is 9.75. The molecule has 1 rings (SSSR count). The molecule has 0 aliphatic heterocycles. The van der Waals surface area contributed by atoms with Crippen LogP contribution in [0.1, 0.15) is 18.6 Å². The summed E-state index contributed by atoms with van der Waals surface area (Å²) in [5.41, 5.74) is 0. The fourth-order valence-corrected chi connectivity index (χ4v) is 0.773. The second kappa shape index (κ2) is 4.48. The molecule has 66 valence electrons. The molecule has 1 amide bonds. The number of rotatable bonds is 5. The van der Waals surface area contributed by atoms with Gasteiger partial charge in [0, 0.05) is 19.4 Å². The molecule has 0 atom stereocenters. The Bertz CT molecular complexity index is 247. The summed E-state index contributed by atoms with van der Waals surface area (Å²) in [6.07, 6.45) is 2.01. The van der Waals surface area contributed by atoms with Gasteiger partial charge in [-0.25, -0.2) is 0 Å². The maximum Gasteiger partial charge on any atom is 0.228 e. The highest BCUT2D eigenvalue weighted by Crippen LogP contribution is 1.97. The van der Waals surface area contributed by atoms with Gasteiger partial charge in [0.15, 0.2) is 5.82 Å². The molecule has 0 aliphatic rings. The first-order valence-corrected chi connectivity index (χ1v) is 3.85. The molecule has 5 nitrogen and oxygen atoms in total. The number of nitrogens with zero attached hydrogens (tertiary/aromatic N) is 2. The first-order valence-electron chi connectivity index (χ1n) is 3.85. The van der Waals surface area contributed by atoms with Gasteiger partial charge >= 0.3 is 0 Å². The van der Waals surface area contributed by atoms with Gasteiger partial charge in [0.05, 0.1) is 0 Å². The van der Waals surface area contributed by atoms with Crippen LogP contribution in [0.4, 0.5) is 0 Å². The van der Waals surface area contributed by atoms with Crippen molar-refractivity contribution in [3.05, 3.63) is 11.7 Å². The predicted octanol–water partition coefficient (Wildman–Crippen LogP) is -0.0795. The average molecular weight is 169 g/mol. The number of carbonyl (C=O) groups is 1. The number of aryl methyl sites for hydroxylation is 1. The fourth-order valence-electron chi connectivity index (χ4n) is 0.773. The number of amides is 1. The number of hydrogen-bond donors (Lipinski definition) is 1. The molecule has 0 aromatic carbocycles. The molecule has 0 saturated carbocycles. The molecule has 0 unspecified atom stereocenters. The largest absolute Gasteiger partial charge is 0.358 e. The Hall–Kier alpha value is -1.39. The zero-order valence-corrected chi connectivity index (χ0v) is 6.91. The molecule has 1 N–H and O–H groups in total. The number of aromatic nitrogens is 2. The second-order valence-electron chi connectivity index (χ2n) is 2.28. The molecule has 0 spiro atoms. The van der Waals surface area contributed by atoms with Crippen LogP contribution in [0.5, 0.6) is 0 Å². The molecule has 0 saturated heterocycles. The van der Waals surface area contributed by atoms with E-state index in [1.807, 2.05) is 6.92 Å². The predicted molar refractivity (Wildman–Crippen MR) is 41.4 cm³/mol. The van der Waals surface area contributed by atoms with E-state index in [1.165, 1.54) is 0 Å². The average Bonchev–Trinajstić information content (AvgIpc) is 2.53. The van der Waals surface area contributed by atoms with Crippen molar-refractivity contribution in [2.45, 2.75) is 19.8 Å². The van der Waals surface area contributed by atoms with Crippen LogP contribution < -0.4 is 5.32 Å². The molecule has 0 radical (unpaired) electrons. The molecular formula is C7H11N3O2. The smallest absolute Gasteiger partial charge is 0.228 e. The highest BCUT2D eigenvalue weighted by Gasteiger charge is 2.02. The Labute approximate surface area is 70.2 Å². The van der Waals surface area contributed by atoms with Crippen LogP contribution in [0, 0.1) is 0 Å². The van der Waals surface area contributed by atoms with E-state index in [0.717, 1.165) is 6.42 Å². The summed E-state index contributed by atoms with van der Waals surface area (Å²) in [4.78, 5) is 13.9. The summed E-state index contributed by atoms with van der Waals surface area (Å²) in [5, 5.41) is 6.23. The van der Waals surface area contributed by atoms with Crippen LogP contribution in [0.15, 0.2) is 4.52 Å². The summed E-state index contributed by atoms with van der Waals surface area (Å²) >= 11 is 0. The molecule has 12 heavy (non-hydrogen) atoms. The van der Waals surface area contributed by atoms with Gasteiger partial charge in [0.25, 0.3) is 0 Å². The number of hydrogen-bond acceptors (Lipinski definition) is 4.